The second-order valence-electron chi connectivity index (χ2n) is 5.28. The lowest BCUT2D eigenvalue weighted by molar-refractivity contribution is 0.186. The zero-order valence-corrected chi connectivity index (χ0v) is 13.9. The summed E-state index contributed by atoms with van der Waals surface area (Å²) < 4.78 is 15.9. The van der Waals surface area contributed by atoms with E-state index >= 15 is 0 Å². The van der Waals surface area contributed by atoms with Crippen LogP contribution in [-0.2, 0) is 11.3 Å². The van der Waals surface area contributed by atoms with Gasteiger partial charge >= 0.3 is 0 Å². The molecular weight excluding hydrogens is 328 g/mol. The summed E-state index contributed by atoms with van der Waals surface area (Å²) in [4.78, 5) is 10.5. The van der Waals surface area contributed by atoms with Crippen molar-refractivity contribution in [2.24, 2.45) is 0 Å². The van der Waals surface area contributed by atoms with Gasteiger partial charge in [-0.25, -0.2) is 4.98 Å². The van der Waals surface area contributed by atoms with E-state index in [1.165, 1.54) is 11.3 Å². The molecule has 0 aliphatic carbocycles. The van der Waals surface area contributed by atoms with Gasteiger partial charge in [0.1, 0.15) is 9.71 Å². The van der Waals surface area contributed by atoms with Gasteiger partial charge < -0.3 is 19.4 Å². The van der Waals surface area contributed by atoms with Crippen LogP contribution >= 0.6 is 11.3 Å². The first-order chi connectivity index (χ1) is 11.7. The number of rotatable bonds is 4. The third-order valence-electron chi connectivity index (χ3n) is 3.57. The Balaban J connectivity index is 1.86. The van der Waals surface area contributed by atoms with E-state index in [0.29, 0.717) is 34.6 Å². The number of methoxy groups -OCH3 is 1. The number of aryl methyl sites for hydroxylation is 1. The smallest absolute Gasteiger partial charge is 0.270 e. The Morgan fingerprint density at radius 3 is 2.96 bits per heavy atom. The Morgan fingerprint density at radius 1 is 1.33 bits per heavy atom. The van der Waals surface area contributed by atoms with Gasteiger partial charge in [-0.1, -0.05) is 5.16 Å². The summed E-state index contributed by atoms with van der Waals surface area (Å²) in [5, 5.41) is 4.82. The molecule has 0 aliphatic rings. The number of hydrogen-bond acceptors (Lipinski definition) is 8. The number of anilines is 1. The molecule has 2 N–H and O–H groups in total. The molecule has 0 unspecified atom stereocenters. The molecule has 0 saturated carbocycles. The molecule has 7 nitrogen and oxygen atoms in total. The van der Waals surface area contributed by atoms with Gasteiger partial charge in [-0.2, -0.15) is 4.98 Å². The fourth-order valence-corrected chi connectivity index (χ4v) is 3.70. The van der Waals surface area contributed by atoms with Crippen molar-refractivity contribution in [3.05, 3.63) is 35.7 Å². The Morgan fingerprint density at radius 2 is 2.21 bits per heavy atom. The number of aromatic nitrogens is 3. The number of thiophene rings is 1. The van der Waals surface area contributed by atoms with Gasteiger partial charge in [0, 0.05) is 18.2 Å². The van der Waals surface area contributed by atoms with E-state index in [-0.39, 0.29) is 0 Å². The zero-order chi connectivity index (χ0) is 16.7. The lowest BCUT2D eigenvalue weighted by Crippen LogP contribution is -1.94. The highest BCUT2D eigenvalue weighted by molar-refractivity contribution is 7.22. The standard InChI is InChI=1S/C16H14N4O3S/c1-8-6-9(7-21-2)11-12(17)13(24-16(11)18-8)15-19-14(20-23-15)10-4-3-5-22-10/h3-6H,7,17H2,1-2H3. The van der Waals surface area contributed by atoms with Crippen molar-refractivity contribution in [2.75, 3.05) is 12.8 Å². The molecule has 0 amide bonds. The maximum Gasteiger partial charge on any atom is 0.270 e. The Kier molecular flexibility index (Phi) is 3.55. The molecular formula is C16H14N4O3S. The van der Waals surface area contributed by atoms with Gasteiger partial charge in [-0.05, 0) is 30.7 Å². The number of nitrogens with zero attached hydrogens (tertiary/aromatic N) is 3. The highest BCUT2D eigenvalue weighted by atomic mass is 32.1. The van der Waals surface area contributed by atoms with Gasteiger partial charge in [0.15, 0.2) is 5.76 Å². The van der Waals surface area contributed by atoms with Crippen molar-refractivity contribution >= 4 is 27.2 Å². The summed E-state index contributed by atoms with van der Waals surface area (Å²) in [6, 6.07) is 5.51. The molecule has 4 rings (SSSR count). The van der Waals surface area contributed by atoms with Crippen LogP contribution in [0.2, 0.25) is 0 Å². The summed E-state index contributed by atoms with van der Waals surface area (Å²) in [5.74, 6) is 1.27. The van der Waals surface area contributed by atoms with Crippen LogP contribution in [0.25, 0.3) is 32.6 Å². The molecule has 4 aromatic heterocycles. The summed E-state index contributed by atoms with van der Waals surface area (Å²) in [6.45, 7) is 2.40. The molecule has 0 atom stereocenters. The van der Waals surface area contributed by atoms with Gasteiger partial charge in [0.25, 0.3) is 5.89 Å². The third kappa shape index (κ3) is 2.36. The maximum atomic E-state index is 6.34. The fourth-order valence-electron chi connectivity index (χ4n) is 2.59. The number of nitrogens with two attached hydrogens (primary N) is 1. The first kappa shape index (κ1) is 14.9. The normalized spacial score (nSPS) is 11.4. The molecule has 122 valence electrons. The van der Waals surface area contributed by atoms with Crippen LogP contribution in [-0.4, -0.2) is 22.2 Å². The highest BCUT2D eigenvalue weighted by Gasteiger charge is 2.21. The lowest BCUT2D eigenvalue weighted by Gasteiger charge is -2.04. The molecule has 0 fully saturated rings. The van der Waals surface area contributed by atoms with Crippen LogP contribution in [0.4, 0.5) is 5.69 Å². The fraction of sp³-hybridized carbons (Fsp3) is 0.188. The van der Waals surface area contributed by atoms with Crippen molar-refractivity contribution in [1.82, 2.24) is 15.1 Å². The minimum absolute atomic E-state index is 0.350. The summed E-state index contributed by atoms with van der Waals surface area (Å²) >= 11 is 1.42. The first-order valence-electron chi connectivity index (χ1n) is 7.22. The largest absolute Gasteiger partial charge is 0.461 e. The second-order valence-corrected chi connectivity index (χ2v) is 6.28. The van der Waals surface area contributed by atoms with Crippen molar-refractivity contribution in [1.29, 1.82) is 0 Å². The maximum absolute atomic E-state index is 6.34. The molecule has 0 spiro atoms. The molecule has 0 aliphatic heterocycles. The van der Waals surface area contributed by atoms with Crippen LogP contribution in [0.15, 0.2) is 33.4 Å². The molecule has 0 saturated heterocycles. The lowest BCUT2D eigenvalue weighted by atomic mass is 10.1. The number of fused-ring (bicyclic) bond motifs is 1. The molecule has 0 radical (unpaired) electrons. The number of pyridine rings is 1. The van der Waals surface area contributed by atoms with Crippen LogP contribution in [0.1, 0.15) is 11.3 Å². The predicted octanol–water partition coefficient (Wildman–Crippen LogP) is 3.64. The summed E-state index contributed by atoms with van der Waals surface area (Å²) in [5.41, 5.74) is 8.82. The molecule has 4 heterocycles. The van der Waals surface area contributed by atoms with Gasteiger partial charge in [0.05, 0.1) is 18.6 Å². The highest BCUT2D eigenvalue weighted by Crippen LogP contribution is 2.41. The Bertz CT molecular complexity index is 1000. The van der Waals surface area contributed by atoms with Crippen molar-refractivity contribution in [3.8, 4) is 22.4 Å². The predicted molar refractivity (Wildman–Crippen MR) is 90.5 cm³/mol. The first-order valence-corrected chi connectivity index (χ1v) is 8.04. The van der Waals surface area contributed by atoms with Crippen molar-refractivity contribution in [3.63, 3.8) is 0 Å². The van der Waals surface area contributed by atoms with E-state index < -0.39 is 0 Å². The molecule has 4 aromatic rings. The Hall–Kier alpha value is -2.71. The minimum atomic E-state index is 0.350. The van der Waals surface area contributed by atoms with Crippen LogP contribution in [0.3, 0.4) is 0 Å². The molecule has 24 heavy (non-hydrogen) atoms. The molecule has 8 heteroatoms. The van der Waals surface area contributed by atoms with Gasteiger partial charge in [0.2, 0.25) is 5.82 Å². The van der Waals surface area contributed by atoms with Gasteiger partial charge in [-0.3, -0.25) is 0 Å². The van der Waals surface area contributed by atoms with Crippen LogP contribution in [0, 0.1) is 6.92 Å². The van der Waals surface area contributed by atoms with E-state index in [1.54, 1.807) is 25.5 Å². The zero-order valence-electron chi connectivity index (χ0n) is 13.1. The van der Waals surface area contributed by atoms with E-state index in [0.717, 1.165) is 21.5 Å². The van der Waals surface area contributed by atoms with Crippen molar-refractivity contribution < 1.29 is 13.7 Å². The van der Waals surface area contributed by atoms with Gasteiger partial charge in [-0.15, -0.1) is 11.3 Å². The summed E-state index contributed by atoms with van der Waals surface area (Å²) in [6.07, 6.45) is 1.56. The second kappa shape index (κ2) is 5.73. The Labute approximate surface area is 141 Å². The monoisotopic (exact) mass is 342 g/mol. The number of nitrogen functional groups attached to an aromatic ring is 1. The van der Waals surface area contributed by atoms with E-state index in [4.69, 9.17) is 19.4 Å². The minimum Gasteiger partial charge on any atom is -0.461 e. The quantitative estimate of drug-likeness (QED) is 0.604. The van der Waals surface area contributed by atoms with Crippen LogP contribution < -0.4 is 5.73 Å². The average Bonchev–Trinajstić information content (AvgIpc) is 3.26. The van der Waals surface area contributed by atoms with Crippen molar-refractivity contribution in [2.45, 2.75) is 13.5 Å². The molecule has 0 bridgehead atoms. The SMILES string of the molecule is COCc1cc(C)nc2sc(-c3nc(-c4ccco4)no3)c(N)c12. The van der Waals surface area contributed by atoms with E-state index in [1.807, 2.05) is 13.0 Å². The van der Waals surface area contributed by atoms with Crippen LogP contribution in [0.5, 0.6) is 0 Å². The van der Waals surface area contributed by atoms with E-state index in [2.05, 4.69) is 15.1 Å². The number of ether oxygens (including phenoxy) is 1. The third-order valence-corrected chi connectivity index (χ3v) is 4.66. The summed E-state index contributed by atoms with van der Waals surface area (Å²) in [7, 11) is 1.65. The number of hydrogen-bond donors (Lipinski definition) is 1. The number of furan rings is 1. The van der Waals surface area contributed by atoms with E-state index in [9.17, 15) is 0 Å². The topological polar surface area (TPSA) is 100 Å². The average molecular weight is 342 g/mol. The molecule has 0 aromatic carbocycles.